The molecule has 0 saturated heterocycles. The fourth-order valence-electron chi connectivity index (χ4n) is 2.89. The molecule has 0 spiro atoms. The normalized spacial score (nSPS) is 26.6. The summed E-state index contributed by atoms with van der Waals surface area (Å²) >= 11 is 11.8. The Morgan fingerprint density at radius 2 is 2.30 bits per heavy atom. The molecule has 0 bridgehead atoms. The lowest BCUT2D eigenvalue weighted by atomic mass is 9.79. The molecule has 1 aromatic heterocycles. The number of carbonyl (C=O) groups is 1. The molecule has 2 unspecified atom stereocenters. The summed E-state index contributed by atoms with van der Waals surface area (Å²) in [6.07, 6.45) is 3.59. The van der Waals surface area contributed by atoms with Crippen LogP contribution in [0.3, 0.4) is 0 Å². The van der Waals surface area contributed by atoms with E-state index in [0.717, 1.165) is 25.7 Å². The van der Waals surface area contributed by atoms with Gasteiger partial charge in [0.1, 0.15) is 10.8 Å². The van der Waals surface area contributed by atoms with Crippen LogP contribution in [0, 0.1) is 5.92 Å². The number of aromatic nitrogens is 1. The fourth-order valence-corrected chi connectivity index (χ4v) is 3.26. The van der Waals surface area contributed by atoms with E-state index < -0.39 is 5.60 Å². The number of hydrogen-bond acceptors (Lipinski definition) is 2. The maximum Gasteiger partial charge on any atom is 0.268 e. The molecule has 6 heteroatoms. The average Bonchev–Trinajstić information content (AvgIpc) is 2.64. The van der Waals surface area contributed by atoms with Crippen LogP contribution in [-0.4, -0.2) is 27.7 Å². The van der Waals surface area contributed by atoms with E-state index in [9.17, 15) is 9.90 Å². The summed E-state index contributed by atoms with van der Waals surface area (Å²) in [4.78, 5) is 12.1. The van der Waals surface area contributed by atoms with Gasteiger partial charge in [-0.05, 0) is 24.8 Å². The van der Waals surface area contributed by atoms with Crippen LogP contribution in [0.15, 0.2) is 6.07 Å². The Kier molecular flexibility index (Phi) is 4.67. The molecule has 0 radical (unpaired) electrons. The van der Waals surface area contributed by atoms with Crippen LogP contribution in [-0.2, 0) is 7.05 Å². The molecule has 1 amide bonds. The molecule has 1 saturated carbocycles. The lowest BCUT2D eigenvalue weighted by Gasteiger charge is -2.35. The minimum Gasteiger partial charge on any atom is -0.388 e. The average molecular weight is 319 g/mol. The minimum absolute atomic E-state index is 0.261. The predicted molar refractivity (Wildman–Crippen MR) is 80.3 cm³/mol. The molecule has 112 valence electrons. The van der Waals surface area contributed by atoms with Gasteiger partial charge in [-0.15, -0.1) is 0 Å². The molecule has 4 nitrogen and oxygen atoms in total. The minimum atomic E-state index is -0.800. The molecule has 20 heavy (non-hydrogen) atoms. The van der Waals surface area contributed by atoms with Crippen LogP contribution >= 0.6 is 23.2 Å². The van der Waals surface area contributed by atoms with Gasteiger partial charge in [0.05, 0.1) is 10.6 Å². The Balaban J connectivity index is 2.00. The molecular formula is C14H20Cl2N2O2. The molecule has 0 aromatic carbocycles. The summed E-state index contributed by atoms with van der Waals surface area (Å²) < 4.78 is 1.53. The number of amides is 1. The summed E-state index contributed by atoms with van der Waals surface area (Å²) in [5.41, 5.74) is -0.404. The Bertz CT molecular complexity index is 516. The van der Waals surface area contributed by atoms with Gasteiger partial charge in [0.2, 0.25) is 0 Å². The summed E-state index contributed by atoms with van der Waals surface area (Å²) in [5.74, 6) is 0.220. The zero-order valence-corrected chi connectivity index (χ0v) is 13.3. The summed E-state index contributed by atoms with van der Waals surface area (Å²) in [6, 6.07) is 1.53. The van der Waals surface area contributed by atoms with E-state index in [2.05, 4.69) is 12.2 Å². The van der Waals surface area contributed by atoms with E-state index in [4.69, 9.17) is 23.2 Å². The molecule has 1 aliphatic carbocycles. The second-order valence-corrected chi connectivity index (χ2v) is 6.60. The van der Waals surface area contributed by atoms with Crippen LogP contribution in [0.5, 0.6) is 0 Å². The molecule has 2 rings (SSSR count). The quantitative estimate of drug-likeness (QED) is 0.900. The highest BCUT2D eigenvalue weighted by Gasteiger charge is 2.33. The van der Waals surface area contributed by atoms with Gasteiger partial charge in [-0.1, -0.05) is 43.0 Å². The van der Waals surface area contributed by atoms with Crippen LogP contribution in [0.25, 0.3) is 0 Å². The molecule has 1 aromatic rings. The van der Waals surface area contributed by atoms with Crippen molar-refractivity contribution in [3.05, 3.63) is 21.9 Å². The number of hydrogen-bond donors (Lipinski definition) is 2. The smallest absolute Gasteiger partial charge is 0.268 e. The van der Waals surface area contributed by atoms with E-state index >= 15 is 0 Å². The molecule has 0 aliphatic heterocycles. The second kappa shape index (κ2) is 5.96. The van der Waals surface area contributed by atoms with E-state index in [1.54, 1.807) is 7.05 Å². The first-order chi connectivity index (χ1) is 9.32. The highest BCUT2D eigenvalue weighted by molar-refractivity contribution is 6.41. The van der Waals surface area contributed by atoms with Crippen molar-refractivity contribution in [1.29, 1.82) is 0 Å². The Labute approximate surface area is 129 Å². The maximum atomic E-state index is 12.1. The van der Waals surface area contributed by atoms with Gasteiger partial charge in [-0.2, -0.15) is 0 Å². The topological polar surface area (TPSA) is 54.3 Å². The Morgan fingerprint density at radius 3 is 2.85 bits per heavy atom. The van der Waals surface area contributed by atoms with Crippen molar-refractivity contribution < 1.29 is 9.90 Å². The van der Waals surface area contributed by atoms with E-state index in [0.29, 0.717) is 21.8 Å². The molecule has 1 fully saturated rings. The first kappa shape index (κ1) is 15.7. The van der Waals surface area contributed by atoms with Gasteiger partial charge in [-0.3, -0.25) is 4.79 Å². The second-order valence-electron chi connectivity index (χ2n) is 5.84. The third kappa shape index (κ3) is 3.30. The molecule has 1 aliphatic rings. The van der Waals surface area contributed by atoms with Crippen LogP contribution in [0.4, 0.5) is 0 Å². The zero-order chi connectivity index (χ0) is 14.9. The van der Waals surface area contributed by atoms with Gasteiger partial charge in [-0.25, -0.2) is 0 Å². The number of aliphatic hydroxyl groups is 1. The van der Waals surface area contributed by atoms with Crippen molar-refractivity contribution in [1.82, 2.24) is 9.88 Å². The highest BCUT2D eigenvalue weighted by atomic mass is 35.5. The van der Waals surface area contributed by atoms with E-state index in [-0.39, 0.29) is 12.5 Å². The van der Waals surface area contributed by atoms with E-state index in [1.807, 2.05) is 0 Å². The van der Waals surface area contributed by atoms with Crippen molar-refractivity contribution in [3.8, 4) is 0 Å². The SMILES string of the molecule is CC1CCCC(O)(CNC(=O)c2cc(Cl)c(Cl)n2C)C1. The number of nitrogens with zero attached hydrogens (tertiary/aromatic N) is 1. The van der Waals surface area contributed by atoms with Crippen molar-refractivity contribution in [2.45, 2.75) is 38.2 Å². The van der Waals surface area contributed by atoms with Crippen molar-refractivity contribution in [3.63, 3.8) is 0 Å². The van der Waals surface area contributed by atoms with Crippen LogP contribution < -0.4 is 5.32 Å². The first-order valence-electron chi connectivity index (χ1n) is 6.84. The lowest BCUT2D eigenvalue weighted by molar-refractivity contribution is -0.0110. The molecule has 1 heterocycles. The first-order valence-corrected chi connectivity index (χ1v) is 7.59. The van der Waals surface area contributed by atoms with Crippen LogP contribution in [0.1, 0.15) is 43.1 Å². The Hall–Kier alpha value is -0.710. The highest BCUT2D eigenvalue weighted by Crippen LogP contribution is 2.31. The van der Waals surface area contributed by atoms with Gasteiger partial charge in [0.25, 0.3) is 5.91 Å². The molecule has 2 atom stereocenters. The largest absolute Gasteiger partial charge is 0.388 e. The van der Waals surface area contributed by atoms with Crippen LogP contribution in [0.2, 0.25) is 10.2 Å². The van der Waals surface area contributed by atoms with Crippen molar-refractivity contribution in [2.24, 2.45) is 13.0 Å². The fraction of sp³-hybridized carbons (Fsp3) is 0.643. The Morgan fingerprint density at radius 1 is 1.60 bits per heavy atom. The van der Waals surface area contributed by atoms with Gasteiger partial charge in [0.15, 0.2) is 0 Å². The summed E-state index contributed by atoms with van der Waals surface area (Å²) in [5, 5.41) is 14.0. The molecule has 2 N–H and O–H groups in total. The van der Waals surface area contributed by atoms with E-state index in [1.165, 1.54) is 10.6 Å². The number of nitrogens with one attached hydrogen (secondary N) is 1. The van der Waals surface area contributed by atoms with Gasteiger partial charge < -0.3 is 15.0 Å². The third-order valence-electron chi connectivity index (χ3n) is 3.99. The number of carbonyl (C=O) groups excluding carboxylic acids is 1. The number of rotatable bonds is 3. The standard InChI is InChI=1S/C14H20Cl2N2O2/c1-9-4-3-5-14(20,7-9)8-17-13(19)11-6-10(15)12(16)18(11)2/h6,9,20H,3-5,7-8H2,1-2H3,(H,17,19). The third-order valence-corrected chi connectivity index (χ3v) is 4.84. The van der Waals surface area contributed by atoms with Gasteiger partial charge >= 0.3 is 0 Å². The maximum absolute atomic E-state index is 12.1. The number of halogens is 2. The van der Waals surface area contributed by atoms with Crippen molar-refractivity contribution >= 4 is 29.1 Å². The monoisotopic (exact) mass is 318 g/mol. The van der Waals surface area contributed by atoms with Gasteiger partial charge in [0, 0.05) is 13.6 Å². The molecular weight excluding hydrogens is 299 g/mol. The zero-order valence-electron chi connectivity index (χ0n) is 11.7. The summed E-state index contributed by atoms with van der Waals surface area (Å²) in [7, 11) is 1.68. The summed E-state index contributed by atoms with van der Waals surface area (Å²) in [6.45, 7) is 2.39. The predicted octanol–water partition coefficient (Wildman–Crippen LogP) is 3.00. The lowest BCUT2D eigenvalue weighted by Crippen LogP contribution is -2.46. The van der Waals surface area contributed by atoms with Crippen molar-refractivity contribution in [2.75, 3.05) is 6.54 Å².